The SMILES string of the molecule is CCCC1=C(C(=O)OCC)[C@H](c2c(OC)ccc3ccccc23)n2c(s/c(=C/c3ccc(OCC(C)C)cc3)c2=O)=N1. The fourth-order valence-corrected chi connectivity index (χ4v) is 6.22. The van der Waals surface area contributed by atoms with Crippen LogP contribution in [0.25, 0.3) is 16.8 Å². The van der Waals surface area contributed by atoms with E-state index in [4.69, 9.17) is 19.2 Å². The number of rotatable bonds is 10. The van der Waals surface area contributed by atoms with Crippen molar-refractivity contribution < 1.29 is 19.0 Å². The van der Waals surface area contributed by atoms with Crippen LogP contribution in [0.2, 0.25) is 0 Å². The molecule has 4 aromatic rings. The summed E-state index contributed by atoms with van der Waals surface area (Å²) in [4.78, 5) is 33.3. The van der Waals surface area contributed by atoms with Gasteiger partial charge in [0.25, 0.3) is 5.56 Å². The van der Waals surface area contributed by atoms with E-state index in [9.17, 15) is 9.59 Å². The van der Waals surface area contributed by atoms with E-state index in [1.54, 1.807) is 18.6 Å². The Morgan fingerprint density at radius 1 is 1.07 bits per heavy atom. The van der Waals surface area contributed by atoms with Crippen molar-refractivity contribution in [3.63, 3.8) is 0 Å². The summed E-state index contributed by atoms with van der Waals surface area (Å²) in [5.41, 5.74) is 2.39. The molecule has 1 atom stereocenters. The zero-order valence-electron chi connectivity index (χ0n) is 24.7. The first-order valence-corrected chi connectivity index (χ1v) is 15.2. The lowest BCUT2D eigenvalue weighted by molar-refractivity contribution is -0.139. The molecule has 0 radical (unpaired) electrons. The van der Waals surface area contributed by atoms with E-state index >= 15 is 0 Å². The molecule has 0 unspecified atom stereocenters. The first-order valence-electron chi connectivity index (χ1n) is 14.4. The van der Waals surface area contributed by atoms with Crippen molar-refractivity contribution in [2.45, 2.75) is 46.6 Å². The maximum Gasteiger partial charge on any atom is 0.338 e. The highest BCUT2D eigenvalue weighted by molar-refractivity contribution is 7.07. The van der Waals surface area contributed by atoms with Gasteiger partial charge in [0.05, 0.1) is 36.1 Å². The summed E-state index contributed by atoms with van der Waals surface area (Å²) in [6, 6.07) is 18.7. The highest BCUT2D eigenvalue weighted by Gasteiger charge is 2.37. The lowest BCUT2D eigenvalue weighted by atomic mass is 9.90. The van der Waals surface area contributed by atoms with Crippen molar-refractivity contribution in [1.82, 2.24) is 4.57 Å². The average molecular weight is 585 g/mol. The summed E-state index contributed by atoms with van der Waals surface area (Å²) in [6.45, 7) is 8.88. The quantitative estimate of drug-likeness (QED) is 0.221. The molecule has 1 aromatic heterocycles. The maximum atomic E-state index is 14.2. The molecule has 1 aliphatic heterocycles. The number of fused-ring (bicyclic) bond motifs is 2. The fraction of sp³-hybridized carbons (Fsp3) is 0.324. The number of carbonyl (C=O) groups excluding carboxylic acids is 1. The van der Waals surface area contributed by atoms with Crippen LogP contribution in [-0.2, 0) is 9.53 Å². The average Bonchev–Trinajstić information content (AvgIpc) is 3.29. The van der Waals surface area contributed by atoms with Crippen LogP contribution in [-0.4, -0.2) is 30.9 Å². The fourth-order valence-electron chi connectivity index (χ4n) is 5.20. The van der Waals surface area contributed by atoms with Gasteiger partial charge in [0.2, 0.25) is 0 Å². The van der Waals surface area contributed by atoms with Gasteiger partial charge < -0.3 is 14.2 Å². The van der Waals surface area contributed by atoms with E-state index in [0.29, 0.717) is 45.3 Å². The molecule has 0 bridgehead atoms. The number of allylic oxidation sites excluding steroid dienone is 1. The maximum absolute atomic E-state index is 14.2. The summed E-state index contributed by atoms with van der Waals surface area (Å²) in [5.74, 6) is 1.32. The number of carbonyl (C=O) groups is 1. The van der Waals surface area contributed by atoms with Gasteiger partial charge in [-0.2, -0.15) is 0 Å². The number of aromatic nitrogens is 1. The van der Waals surface area contributed by atoms with E-state index in [-0.39, 0.29) is 12.2 Å². The largest absolute Gasteiger partial charge is 0.496 e. The molecular weight excluding hydrogens is 548 g/mol. The first kappa shape index (κ1) is 29.3. The van der Waals surface area contributed by atoms with Gasteiger partial charge in [-0.1, -0.05) is 81.0 Å². The lowest BCUT2D eigenvalue weighted by Crippen LogP contribution is -2.40. The van der Waals surface area contributed by atoms with E-state index in [1.807, 2.05) is 73.7 Å². The molecule has 0 fully saturated rings. The smallest absolute Gasteiger partial charge is 0.338 e. The summed E-state index contributed by atoms with van der Waals surface area (Å²) < 4.78 is 19.4. The van der Waals surface area contributed by atoms with Crippen LogP contribution >= 0.6 is 11.3 Å². The van der Waals surface area contributed by atoms with E-state index in [1.165, 1.54) is 11.3 Å². The minimum absolute atomic E-state index is 0.211. The Morgan fingerprint density at radius 3 is 2.52 bits per heavy atom. The molecule has 0 amide bonds. The molecule has 1 aliphatic rings. The van der Waals surface area contributed by atoms with Gasteiger partial charge in [0, 0.05) is 5.56 Å². The summed E-state index contributed by atoms with van der Waals surface area (Å²) in [5, 5.41) is 1.88. The number of benzene rings is 3. The van der Waals surface area contributed by atoms with Crippen molar-refractivity contribution in [1.29, 1.82) is 0 Å². The Hall–Kier alpha value is -4.17. The zero-order valence-corrected chi connectivity index (χ0v) is 25.5. The molecule has 2 heterocycles. The molecule has 0 N–H and O–H groups in total. The Balaban J connectivity index is 1.75. The molecule has 0 aliphatic carbocycles. The van der Waals surface area contributed by atoms with Crippen LogP contribution in [0.4, 0.5) is 0 Å². The number of ether oxygens (including phenoxy) is 3. The van der Waals surface area contributed by atoms with Crippen molar-refractivity contribution >= 4 is 34.2 Å². The number of esters is 1. The summed E-state index contributed by atoms with van der Waals surface area (Å²) in [7, 11) is 1.60. The third-order valence-electron chi connectivity index (χ3n) is 7.08. The number of nitrogens with zero attached hydrogens (tertiary/aromatic N) is 2. The van der Waals surface area contributed by atoms with Crippen molar-refractivity contribution in [2.24, 2.45) is 10.9 Å². The monoisotopic (exact) mass is 584 g/mol. The second-order valence-corrected chi connectivity index (χ2v) is 11.6. The minimum atomic E-state index is -0.767. The van der Waals surface area contributed by atoms with Crippen LogP contribution in [0.15, 0.2) is 81.7 Å². The van der Waals surface area contributed by atoms with Crippen LogP contribution < -0.4 is 24.4 Å². The van der Waals surface area contributed by atoms with Gasteiger partial charge in [-0.05, 0) is 59.9 Å². The molecule has 8 heteroatoms. The number of hydrogen-bond donors (Lipinski definition) is 0. The van der Waals surface area contributed by atoms with Crippen LogP contribution in [0.3, 0.4) is 0 Å². The van der Waals surface area contributed by atoms with Gasteiger partial charge in [-0.25, -0.2) is 9.79 Å². The molecule has 5 rings (SSSR count). The third kappa shape index (κ3) is 5.77. The Morgan fingerprint density at radius 2 is 1.83 bits per heavy atom. The Bertz CT molecular complexity index is 1820. The lowest BCUT2D eigenvalue weighted by Gasteiger charge is -2.28. The molecule has 0 saturated carbocycles. The van der Waals surface area contributed by atoms with Crippen molar-refractivity contribution in [3.05, 3.63) is 103 Å². The Labute approximate surface area is 249 Å². The van der Waals surface area contributed by atoms with Crippen LogP contribution in [0.5, 0.6) is 11.5 Å². The van der Waals surface area contributed by atoms with Gasteiger partial charge >= 0.3 is 5.97 Å². The van der Waals surface area contributed by atoms with Crippen LogP contribution in [0.1, 0.15) is 57.7 Å². The molecule has 42 heavy (non-hydrogen) atoms. The molecule has 218 valence electrons. The number of hydrogen-bond acceptors (Lipinski definition) is 7. The molecule has 0 spiro atoms. The van der Waals surface area contributed by atoms with Gasteiger partial charge in [-0.3, -0.25) is 9.36 Å². The Kier molecular flexibility index (Phi) is 8.92. The van der Waals surface area contributed by atoms with Gasteiger partial charge in [0.15, 0.2) is 4.80 Å². The number of methoxy groups -OCH3 is 1. The van der Waals surface area contributed by atoms with Crippen molar-refractivity contribution in [2.75, 3.05) is 20.3 Å². The second kappa shape index (κ2) is 12.8. The van der Waals surface area contributed by atoms with Gasteiger partial charge in [0.1, 0.15) is 17.5 Å². The predicted molar refractivity (Wildman–Crippen MR) is 167 cm³/mol. The molecular formula is C34H36N2O5S. The second-order valence-electron chi connectivity index (χ2n) is 10.6. The minimum Gasteiger partial charge on any atom is -0.496 e. The standard InChI is InChI=1S/C34H36N2O5S/c1-6-10-26-30(33(38)40-7-2)31(29-25-12-9-8-11-23(25)15-18-27(29)39-5)36-32(37)28(42-34(36)35-26)19-22-13-16-24(17-14-22)41-20-21(3)4/h8-9,11-19,21,31H,6-7,10,20H2,1-5H3/b28-19+/t31-/m0/s1. The zero-order chi connectivity index (χ0) is 29.8. The molecule has 0 saturated heterocycles. The van der Waals surface area contributed by atoms with E-state index < -0.39 is 12.0 Å². The summed E-state index contributed by atoms with van der Waals surface area (Å²) >= 11 is 1.32. The highest BCUT2D eigenvalue weighted by atomic mass is 32.1. The molecule has 7 nitrogen and oxygen atoms in total. The van der Waals surface area contributed by atoms with Crippen LogP contribution in [0, 0.1) is 5.92 Å². The first-order chi connectivity index (χ1) is 20.4. The number of thiazole rings is 1. The van der Waals surface area contributed by atoms with E-state index in [2.05, 4.69) is 13.8 Å². The normalized spacial score (nSPS) is 15.1. The summed E-state index contributed by atoms with van der Waals surface area (Å²) in [6.07, 6.45) is 3.21. The van der Waals surface area contributed by atoms with Gasteiger partial charge in [-0.15, -0.1) is 0 Å². The molecule has 3 aromatic carbocycles. The predicted octanol–water partition coefficient (Wildman–Crippen LogP) is 5.78. The van der Waals surface area contributed by atoms with E-state index in [0.717, 1.165) is 34.1 Å². The third-order valence-corrected chi connectivity index (χ3v) is 8.06. The topological polar surface area (TPSA) is 79.1 Å². The van der Waals surface area contributed by atoms with Crippen molar-refractivity contribution in [3.8, 4) is 11.5 Å². The highest BCUT2D eigenvalue weighted by Crippen LogP contribution is 2.41.